The minimum Gasteiger partial charge on any atom is -0.466 e. The fraction of sp³-hybridized carbons (Fsp3) is 0.182. The maximum atomic E-state index is 14.1. The highest BCUT2D eigenvalue weighted by atomic mass is 35.5. The van der Waals surface area contributed by atoms with E-state index in [1.54, 1.807) is 6.08 Å². The van der Waals surface area contributed by atoms with Crippen LogP contribution in [0, 0.1) is 5.92 Å². The summed E-state index contributed by atoms with van der Waals surface area (Å²) in [5, 5.41) is 1.27. The second-order valence-corrected chi connectivity index (χ2v) is 14.0. The van der Waals surface area contributed by atoms with E-state index in [4.69, 9.17) is 32.7 Å². The van der Waals surface area contributed by atoms with Crippen molar-refractivity contribution < 1.29 is 19.1 Å². The van der Waals surface area contributed by atoms with E-state index in [0.29, 0.717) is 46.5 Å². The van der Waals surface area contributed by atoms with E-state index in [0.717, 1.165) is 33.8 Å². The van der Waals surface area contributed by atoms with Crippen molar-refractivity contribution >= 4 is 52.2 Å². The molecule has 1 spiro atoms. The molecule has 1 unspecified atom stereocenters. The average molecular weight is 745 g/mol. The van der Waals surface area contributed by atoms with Crippen LogP contribution in [-0.4, -0.2) is 31.8 Å². The molecule has 0 bridgehead atoms. The SMILES string of the molecule is COC(=O)/C=C1\C(Cc2ccccc2)C2(C(=C(C)C(=O)OC)N1c1ccccc1)N(Cc1ccc(Cl)cc1)c1ccccc1N2Cc1ccc(Cl)cc1. The van der Waals surface area contributed by atoms with Crippen LogP contribution in [0.5, 0.6) is 0 Å². The number of halogens is 2. The third kappa shape index (κ3) is 6.67. The van der Waals surface area contributed by atoms with E-state index in [2.05, 4.69) is 39.0 Å². The minimum absolute atomic E-state index is 0.401. The summed E-state index contributed by atoms with van der Waals surface area (Å²) in [6.45, 7) is 2.70. The topological polar surface area (TPSA) is 62.3 Å². The van der Waals surface area contributed by atoms with Crippen molar-refractivity contribution in [3.8, 4) is 0 Å². The normalized spacial score (nSPS) is 17.6. The quantitative estimate of drug-likeness (QED) is 0.110. The van der Waals surface area contributed by atoms with Gasteiger partial charge in [0.15, 0.2) is 5.66 Å². The Balaban J connectivity index is 1.63. The van der Waals surface area contributed by atoms with Crippen molar-refractivity contribution in [1.82, 2.24) is 0 Å². The van der Waals surface area contributed by atoms with Crippen LogP contribution in [0.4, 0.5) is 17.1 Å². The highest BCUT2D eigenvalue weighted by Gasteiger charge is 2.65. The lowest BCUT2D eigenvalue weighted by molar-refractivity contribution is -0.136. The van der Waals surface area contributed by atoms with Gasteiger partial charge >= 0.3 is 11.9 Å². The summed E-state index contributed by atoms with van der Waals surface area (Å²) in [6.07, 6.45) is 2.08. The van der Waals surface area contributed by atoms with Crippen LogP contribution in [0.1, 0.15) is 23.6 Å². The number of benzene rings is 5. The highest BCUT2D eigenvalue weighted by Crippen LogP contribution is 2.61. The summed E-state index contributed by atoms with van der Waals surface area (Å²) < 4.78 is 10.8. The maximum absolute atomic E-state index is 14.1. The average Bonchev–Trinajstić information content (AvgIpc) is 3.61. The van der Waals surface area contributed by atoms with Gasteiger partial charge in [0.25, 0.3) is 0 Å². The maximum Gasteiger partial charge on any atom is 0.335 e. The van der Waals surface area contributed by atoms with Crippen molar-refractivity contribution in [3.63, 3.8) is 0 Å². The zero-order chi connectivity index (χ0) is 37.1. The molecule has 268 valence electrons. The zero-order valence-corrected chi connectivity index (χ0v) is 31.2. The van der Waals surface area contributed by atoms with Crippen LogP contribution < -0.4 is 14.7 Å². The first-order chi connectivity index (χ1) is 25.8. The van der Waals surface area contributed by atoms with E-state index in [1.165, 1.54) is 14.2 Å². The fourth-order valence-corrected chi connectivity index (χ4v) is 8.08. The first kappa shape index (κ1) is 35.9. The van der Waals surface area contributed by atoms with Crippen molar-refractivity contribution in [1.29, 1.82) is 0 Å². The van der Waals surface area contributed by atoms with Crippen LogP contribution in [0.15, 0.2) is 157 Å². The summed E-state index contributed by atoms with van der Waals surface area (Å²) in [4.78, 5) is 34.4. The van der Waals surface area contributed by atoms with Crippen LogP contribution in [0.25, 0.3) is 0 Å². The first-order valence-corrected chi connectivity index (χ1v) is 18.1. The zero-order valence-electron chi connectivity index (χ0n) is 29.7. The summed E-state index contributed by atoms with van der Waals surface area (Å²) in [5.74, 6) is -1.44. The number of nitrogens with zero attached hydrogens (tertiary/aromatic N) is 3. The Kier molecular flexibility index (Phi) is 10.3. The van der Waals surface area contributed by atoms with Crippen molar-refractivity contribution in [2.45, 2.75) is 32.1 Å². The molecule has 9 heteroatoms. The number of hydrogen-bond acceptors (Lipinski definition) is 7. The first-order valence-electron chi connectivity index (χ1n) is 17.4. The predicted molar refractivity (Wildman–Crippen MR) is 212 cm³/mol. The smallest absolute Gasteiger partial charge is 0.335 e. The standard InChI is InChI=1S/C44H39Cl2N3O4/c1-30(43(51)53-3)42-44(37(26-31-12-6-4-7-13-31)40(27-41(50)52-2)49(42)36-14-8-5-9-15-36)47(28-32-18-22-34(45)23-19-32)38-16-10-11-17-39(38)48(44)29-33-20-24-35(46)25-21-33/h4-25,27,37H,26,28-29H2,1-3H3/b40-27+,42-30?. The Bertz CT molecular complexity index is 2100. The molecule has 0 radical (unpaired) electrons. The van der Waals surface area contributed by atoms with Crippen molar-refractivity contribution in [2.24, 2.45) is 5.92 Å². The van der Waals surface area contributed by atoms with Crippen LogP contribution in [0.3, 0.4) is 0 Å². The third-order valence-electron chi connectivity index (χ3n) is 10.1. The number of carbonyl (C=O) groups excluding carboxylic acids is 2. The molecule has 5 aromatic carbocycles. The van der Waals surface area contributed by atoms with Crippen molar-refractivity contribution in [3.05, 3.63) is 183 Å². The van der Waals surface area contributed by atoms with Gasteiger partial charge < -0.3 is 24.2 Å². The molecule has 0 amide bonds. The van der Waals surface area contributed by atoms with Crippen LogP contribution >= 0.6 is 23.2 Å². The molecule has 2 aliphatic heterocycles. The van der Waals surface area contributed by atoms with Gasteiger partial charge in [0.2, 0.25) is 0 Å². The molecule has 1 atom stereocenters. The van der Waals surface area contributed by atoms with Crippen molar-refractivity contribution in [2.75, 3.05) is 28.9 Å². The second kappa shape index (κ2) is 15.2. The number of methoxy groups -OCH3 is 2. The van der Waals surface area contributed by atoms with Gasteiger partial charge in [-0.15, -0.1) is 0 Å². The molecule has 0 N–H and O–H groups in total. The van der Waals surface area contributed by atoms with Crippen LogP contribution in [-0.2, 0) is 38.6 Å². The molecule has 2 heterocycles. The molecule has 0 aromatic heterocycles. The van der Waals surface area contributed by atoms with Gasteiger partial charge in [-0.1, -0.05) is 108 Å². The Morgan fingerprint density at radius 2 is 1.15 bits per heavy atom. The summed E-state index contributed by atoms with van der Waals surface area (Å²) >= 11 is 12.8. The lowest BCUT2D eigenvalue weighted by Crippen LogP contribution is -2.62. The van der Waals surface area contributed by atoms with E-state index in [-0.39, 0.29) is 0 Å². The molecule has 2 aliphatic rings. The monoisotopic (exact) mass is 743 g/mol. The lowest BCUT2D eigenvalue weighted by atomic mass is 9.82. The molecule has 1 fully saturated rings. The number of carbonyl (C=O) groups is 2. The number of hydrogen-bond donors (Lipinski definition) is 0. The molecule has 53 heavy (non-hydrogen) atoms. The Hall–Kier alpha value is -5.50. The van der Waals surface area contributed by atoms with Gasteiger partial charge in [-0.3, -0.25) is 0 Å². The van der Waals surface area contributed by atoms with Gasteiger partial charge in [-0.2, -0.15) is 0 Å². The molecule has 1 saturated heterocycles. The van der Waals surface area contributed by atoms with Gasteiger partial charge in [-0.25, -0.2) is 9.59 Å². The molecule has 0 saturated carbocycles. The van der Waals surface area contributed by atoms with Gasteiger partial charge in [0, 0.05) is 40.6 Å². The third-order valence-corrected chi connectivity index (χ3v) is 10.6. The number of rotatable bonds is 9. The van der Waals surface area contributed by atoms with Crippen LogP contribution in [0.2, 0.25) is 10.0 Å². The molecule has 7 nitrogen and oxygen atoms in total. The molecule has 7 rings (SSSR count). The van der Waals surface area contributed by atoms with E-state index in [1.807, 2.05) is 116 Å². The Labute approximate surface area is 320 Å². The second-order valence-electron chi connectivity index (χ2n) is 13.1. The summed E-state index contributed by atoms with van der Waals surface area (Å²) in [5.41, 5.74) is 6.45. The fourth-order valence-electron chi connectivity index (χ4n) is 7.83. The molecule has 0 aliphatic carbocycles. The number of esters is 2. The summed E-state index contributed by atoms with van der Waals surface area (Å²) in [7, 11) is 2.78. The molecule has 5 aromatic rings. The van der Waals surface area contributed by atoms with Gasteiger partial charge in [0.1, 0.15) is 0 Å². The number of para-hydroxylation sites is 3. The van der Waals surface area contributed by atoms with E-state index < -0.39 is 23.5 Å². The van der Waals surface area contributed by atoms with E-state index >= 15 is 0 Å². The number of ether oxygens (including phenoxy) is 2. The van der Waals surface area contributed by atoms with E-state index in [9.17, 15) is 9.59 Å². The molecular weight excluding hydrogens is 705 g/mol. The predicted octanol–water partition coefficient (Wildman–Crippen LogP) is 9.60. The van der Waals surface area contributed by atoms with Gasteiger partial charge in [-0.05, 0) is 78.6 Å². The van der Waals surface area contributed by atoms with Gasteiger partial charge in [0.05, 0.1) is 42.8 Å². The number of fused-ring (bicyclic) bond motifs is 1. The summed E-state index contributed by atoms with van der Waals surface area (Å²) in [6, 6.07) is 44.0. The lowest BCUT2D eigenvalue weighted by Gasteiger charge is -2.48. The Morgan fingerprint density at radius 1 is 0.660 bits per heavy atom. The Morgan fingerprint density at radius 3 is 1.64 bits per heavy atom. The number of anilines is 3. The highest BCUT2D eigenvalue weighted by molar-refractivity contribution is 6.30. The largest absolute Gasteiger partial charge is 0.466 e. The molecular formula is C44H39Cl2N3O4. The minimum atomic E-state index is -1.12.